The minimum absolute atomic E-state index is 0.662. The van der Waals surface area contributed by atoms with Gasteiger partial charge >= 0.3 is 0 Å². The van der Waals surface area contributed by atoms with Gasteiger partial charge in [-0.2, -0.15) is 0 Å². The van der Waals surface area contributed by atoms with Gasteiger partial charge in [0, 0.05) is 48.0 Å². The summed E-state index contributed by atoms with van der Waals surface area (Å²) in [5.41, 5.74) is 8.56. The summed E-state index contributed by atoms with van der Waals surface area (Å²) in [7, 11) is 0. The van der Waals surface area contributed by atoms with E-state index < -0.39 is 0 Å². The van der Waals surface area contributed by atoms with Crippen molar-refractivity contribution in [2.24, 2.45) is 0 Å². The van der Waals surface area contributed by atoms with Crippen molar-refractivity contribution in [3.63, 3.8) is 0 Å². The van der Waals surface area contributed by atoms with Crippen LogP contribution in [0.4, 0.5) is 0 Å². The summed E-state index contributed by atoms with van der Waals surface area (Å²) in [6.07, 6.45) is 0. The number of aromatic nitrogens is 4. The van der Waals surface area contributed by atoms with Crippen molar-refractivity contribution in [3.8, 4) is 22.9 Å². The van der Waals surface area contributed by atoms with Crippen molar-refractivity contribution in [1.29, 1.82) is 0 Å². The van der Waals surface area contributed by atoms with Gasteiger partial charge in [0.05, 0.1) is 33.3 Å². The van der Waals surface area contributed by atoms with E-state index in [4.69, 9.17) is 9.97 Å². The summed E-state index contributed by atoms with van der Waals surface area (Å²) in [6.45, 7) is 0. The Morgan fingerprint density at radius 1 is 0.447 bits per heavy atom. The highest BCUT2D eigenvalue weighted by Gasteiger charge is 2.22. The van der Waals surface area contributed by atoms with E-state index in [1.54, 1.807) is 0 Å². The molecule has 0 atom stereocenters. The Balaban J connectivity index is 1.38. The first-order valence-corrected chi connectivity index (χ1v) is 16.5. The third kappa shape index (κ3) is 3.87. The molecule has 4 nitrogen and oxygen atoms in total. The molecule has 0 fully saturated rings. The lowest BCUT2D eigenvalue weighted by atomic mass is 9.98. The monoisotopic (exact) mass is 664 g/mol. The minimum Gasteiger partial charge on any atom is -0.309 e. The quantitative estimate of drug-likeness (QED) is 0.188. The highest BCUT2D eigenvalue weighted by Crippen LogP contribution is 2.44. The van der Waals surface area contributed by atoms with Gasteiger partial charge in [-0.1, -0.05) is 113 Å². The molecule has 0 aliphatic heterocycles. The zero-order chi connectivity index (χ0) is 31.1. The van der Waals surface area contributed by atoms with Gasteiger partial charge in [-0.05, 0) is 60.0 Å². The Kier molecular flexibility index (Phi) is 5.69. The SMILES string of the molecule is Brc1ccc2c(c1)c1c3c(ccc1n2-c1ccccc1)ccc1c3c2ccccc2n1-c1nc(-c2ccccc2)c2ccccc2n1. The van der Waals surface area contributed by atoms with Gasteiger partial charge in [0.1, 0.15) is 0 Å². The molecule has 10 aromatic rings. The van der Waals surface area contributed by atoms with Crippen molar-refractivity contribution in [1.82, 2.24) is 19.1 Å². The van der Waals surface area contributed by atoms with Crippen molar-refractivity contribution in [2.75, 3.05) is 0 Å². The smallest absolute Gasteiger partial charge is 0.235 e. The fourth-order valence-electron chi connectivity index (χ4n) is 7.41. The Morgan fingerprint density at radius 2 is 1.06 bits per heavy atom. The maximum Gasteiger partial charge on any atom is 0.235 e. The topological polar surface area (TPSA) is 35.6 Å². The zero-order valence-electron chi connectivity index (χ0n) is 25.1. The van der Waals surface area contributed by atoms with E-state index in [0.717, 1.165) is 43.4 Å². The largest absolute Gasteiger partial charge is 0.309 e. The zero-order valence-corrected chi connectivity index (χ0v) is 26.7. The Bertz CT molecular complexity index is 2850. The van der Waals surface area contributed by atoms with Crippen LogP contribution in [0.15, 0.2) is 156 Å². The van der Waals surface area contributed by atoms with Crippen LogP contribution in [0.25, 0.3) is 88.2 Å². The summed E-state index contributed by atoms with van der Waals surface area (Å²) < 4.78 is 5.68. The average Bonchev–Trinajstić information content (AvgIpc) is 3.64. The molecule has 220 valence electrons. The first-order valence-electron chi connectivity index (χ1n) is 15.7. The van der Waals surface area contributed by atoms with Gasteiger partial charge in [-0.15, -0.1) is 0 Å². The number of hydrogen-bond acceptors (Lipinski definition) is 2. The van der Waals surface area contributed by atoms with Crippen LogP contribution >= 0.6 is 15.9 Å². The first kappa shape index (κ1) is 26.4. The highest BCUT2D eigenvalue weighted by atomic mass is 79.9. The molecule has 0 radical (unpaired) electrons. The molecule has 0 N–H and O–H groups in total. The van der Waals surface area contributed by atoms with E-state index in [2.05, 4.69) is 165 Å². The number of benzene rings is 7. The second-order valence-electron chi connectivity index (χ2n) is 12.0. The van der Waals surface area contributed by atoms with Crippen LogP contribution in [-0.2, 0) is 0 Å². The van der Waals surface area contributed by atoms with Gasteiger partial charge in [0.25, 0.3) is 0 Å². The number of halogens is 1. The molecule has 10 rings (SSSR count). The molecule has 0 aliphatic rings. The lowest BCUT2D eigenvalue weighted by molar-refractivity contribution is 1.01. The van der Waals surface area contributed by atoms with E-state index in [-0.39, 0.29) is 0 Å². The minimum atomic E-state index is 0.662. The molecule has 0 bridgehead atoms. The van der Waals surface area contributed by atoms with Crippen molar-refractivity contribution >= 4 is 81.2 Å². The van der Waals surface area contributed by atoms with Gasteiger partial charge in [0.2, 0.25) is 5.95 Å². The highest BCUT2D eigenvalue weighted by molar-refractivity contribution is 9.10. The number of para-hydroxylation sites is 3. The molecule has 5 heteroatoms. The van der Waals surface area contributed by atoms with Crippen LogP contribution in [0.2, 0.25) is 0 Å². The van der Waals surface area contributed by atoms with Crippen LogP contribution in [0, 0.1) is 0 Å². The molecule has 3 heterocycles. The van der Waals surface area contributed by atoms with Crippen molar-refractivity contribution < 1.29 is 0 Å². The van der Waals surface area contributed by atoms with Gasteiger partial charge < -0.3 is 4.57 Å². The maximum absolute atomic E-state index is 5.30. The van der Waals surface area contributed by atoms with Crippen LogP contribution in [0.3, 0.4) is 0 Å². The average molecular weight is 666 g/mol. The van der Waals surface area contributed by atoms with Crippen LogP contribution in [-0.4, -0.2) is 19.1 Å². The lowest BCUT2D eigenvalue weighted by Crippen LogP contribution is -2.03. The fraction of sp³-hybridized carbons (Fsp3) is 0. The van der Waals surface area contributed by atoms with E-state index in [1.165, 1.54) is 43.4 Å². The summed E-state index contributed by atoms with van der Waals surface area (Å²) in [6, 6.07) is 53.6. The molecule has 0 spiro atoms. The van der Waals surface area contributed by atoms with Crippen molar-refractivity contribution in [3.05, 3.63) is 156 Å². The van der Waals surface area contributed by atoms with E-state index in [0.29, 0.717) is 5.95 Å². The summed E-state index contributed by atoms with van der Waals surface area (Å²) in [5.74, 6) is 0.662. The number of rotatable bonds is 3. The van der Waals surface area contributed by atoms with Gasteiger partial charge in [-0.25, -0.2) is 9.97 Å². The molecule has 7 aromatic carbocycles. The molecule has 0 amide bonds. The second-order valence-corrected chi connectivity index (χ2v) is 12.9. The third-order valence-corrected chi connectivity index (χ3v) is 9.85. The first-order chi connectivity index (χ1) is 23.2. The predicted molar refractivity (Wildman–Crippen MR) is 199 cm³/mol. The molecule has 47 heavy (non-hydrogen) atoms. The predicted octanol–water partition coefficient (Wildman–Crippen LogP) is 11.4. The van der Waals surface area contributed by atoms with Crippen LogP contribution in [0.5, 0.6) is 0 Å². The fourth-order valence-corrected chi connectivity index (χ4v) is 7.77. The molecule has 0 aliphatic carbocycles. The Labute approximate surface area is 278 Å². The maximum atomic E-state index is 5.30. The van der Waals surface area contributed by atoms with Crippen LogP contribution < -0.4 is 0 Å². The van der Waals surface area contributed by atoms with Gasteiger partial charge in [-0.3, -0.25) is 4.57 Å². The molecule has 3 aromatic heterocycles. The molecule has 0 unspecified atom stereocenters. The van der Waals surface area contributed by atoms with E-state index in [9.17, 15) is 0 Å². The normalized spacial score (nSPS) is 11.9. The Hall–Kier alpha value is -5.78. The molecule has 0 saturated heterocycles. The van der Waals surface area contributed by atoms with E-state index in [1.807, 2.05) is 12.1 Å². The number of hydrogen-bond donors (Lipinski definition) is 0. The second kappa shape index (κ2) is 10.1. The van der Waals surface area contributed by atoms with Gasteiger partial charge in [0.15, 0.2) is 0 Å². The number of nitrogens with zero attached hydrogens (tertiary/aromatic N) is 4. The third-order valence-electron chi connectivity index (χ3n) is 9.36. The summed E-state index contributed by atoms with van der Waals surface area (Å²) >= 11 is 3.79. The Morgan fingerprint density at radius 3 is 1.87 bits per heavy atom. The molecule has 0 saturated carbocycles. The van der Waals surface area contributed by atoms with Crippen LogP contribution in [0.1, 0.15) is 0 Å². The lowest BCUT2D eigenvalue weighted by Gasteiger charge is -2.12. The summed E-state index contributed by atoms with van der Waals surface area (Å²) in [4.78, 5) is 10.5. The van der Waals surface area contributed by atoms with Crippen molar-refractivity contribution in [2.45, 2.75) is 0 Å². The molecular formula is C42H25BrN4. The summed E-state index contributed by atoms with van der Waals surface area (Å²) in [5, 5.41) is 8.29. The standard InChI is InChI=1S/C42H25BrN4/c43-28-21-24-35-32(25-28)40-36(46(35)29-13-5-2-6-14-29)22-19-26-20-23-37-39(38(26)40)31-16-8-10-18-34(31)47(37)42-44-33-17-9-7-15-30(33)41(45-42)27-11-3-1-4-12-27/h1-25H. The van der Waals surface area contributed by atoms with E-state index >= 15 is 0 Å². The number of fused-ring (bicyclic) bond motifs is 10. The molecular weight excluding hydrogens is 640 g/mol.